The van der Waals surface area contributed by atoms with Gasteiger partial charge in [0.1, 0.15) is 0 Å². The normalized spacial score (nSPS) is 26.1. The average Bonchev–Trinajstić information content (AvgIpc) is 2.62. The number of hydrogen-bond donors (Lipinski definition) is 2. The molecule has 0 aromatic heterocycles. The summed E-state index contributed by atoms with van der Waals surface area (Å²) in [6.45, 7) is 0.461. The molecule has 0 saturated heterocycles. The average molecular weight is 169 g/mol. The lowest BCUT2D eigenvalue weighted by Crippen LogP contribution is -2.39. The van der Waals surface area contributed by atoms with E-state index in [-0.39, 0.29) is 11.8 Å². The number of aliphatic hydroxyl groups is 1. The molecule has 0 atom stereocenters. The summed E-state index contributed by atoms with van der Waals surface area (Å²) in [7, 11) is 0. The van der Waals surface area contributed by atoms with E-state index in [2.05, 4.69) is 5.32 Å². The van der Waals surface area contributed by atoms with E-state index in [9.17, 15) is 9.90 Å². The Morgan fingerprint density at radius 2 is 2.17 bits per heavy atom. The van der Waals surface area contributed by atoms with Crippen LogP contribution in [0.2, 0.25) is 0 Å². The molecule has 0 radical (unpaired) electrons. The van der Waals surface area contributed by atoms with Gasteiger partial charge < -0.3 is 10.4 Å². The molecular formula is C9H15NO2. The molecule has 3 heteroatoms. The molecule has 2 rings (SSSR count). The van der Waals surface area contributed by atoms with Crippen molar-refractivity contribution in [3.8, 4) is 0 Å². The number of carbonyl (C=O) groups is 1. The predicted octanol–water partition coefficient (Wildman–Crippen LogP) is 0.428. The van der Waals surface area contributed by atoms with E-state index in [0.717, 1.165) is 25.7 Å². The standard InChI is InChI=1S/C9H15NO2/c11-8(7-2-1-3-7)10-6-9(12)4-5-9/h7,12H,1-6H2,(H,10,11). The Balaban J connectivity index is 1.68. The number of amides is 1. The van der Waals surface area contributed by atoms with Gasteiger partial charge in [0.15, 0.2) is 0 Å². The molecule has 0 aromatic rings. The van der Waals surface area contributed by atoms with Crippen LogP contribution in [0.15, 0.2) is 0 Å². The van der Waals surface area contributed by atoms with E-state index < -0.39 is 5.60 Å². The Hall–Kier alpha value is -0.570. The van der Waals surface area contributed by atoms with E-state index in [1.54, 1.807) is 0 Å². The molecule has 0 bridgehead atoms. The van der Waals surface area contributed by atoms with Gasteiger partial charge >= 0.3 is 0 Å². The van der Waals surface area contributed by atoms with Crippen LogP contribution in [0.25, 0.3) is 0 Å². The maximum atomic E-state index is 11.3. The van der Waals surface area contributed by atoms with Crippen LogP contribution < -0.4 is 5.32 Å². The summed E-state index contributed by atoms with van der Waals surface area (Å²) in [5.74, 6) is 0.383. The molecule has 2 aliphatic rings. The lowest BCUT2D eigenvalue weighted by molar-refractivity contribution is -0.128. The third-order valence-corrected chi connectivity index (χ3v) is 2.89. The lowest BCUT2D eigenvalue weighted by Gasteiger charge is -2.24. The summed E-state index contributed by atoms with van der Waals surface area (Å²) < 4.78 is 0. The first kappa shape index (κ1) is 8.05. The summed E-state index contributed by atoms with van der Waals surface area (Å²) >= 11 is 0. The van der Waals surface area contributed by atoms with Crippen molar-refractivity contribution in [1.29, 1.82) is 0 Å². The van der Waals surface area contributed by atoms with Crippen molar-refractivity contribution in [1.82, 2.24) is 5.32 Å². The van der Waals surface area contributed by atoms with Gasteiger partial charge in [0.2, 0.25) is 5.91 Å². The molecule has 2 aliphatic carbocycles. The fourth-order valence-corrected chi connectivity index (χ4v) is 1.39. The van der Waals surface area contributed by atoms with Gasteiger partial charge in [-0.15, -0.1) is 0 Å². The van der Waals surface area contributed by atoms with Gasteiger partial charge in [0.25, 0.3) is 0 Å². The molecular weight excluding hydrogens is 154 g/mol. The minimum Gasteiger partial charge on any atom is -0.388 e. The fraction of sp³-hybridized carbons (Fsp3) is 0.889. The summed E-state index contributed by atoms with van der Waals surface area (Å²) in [6.07, 6.45) is 4.94. The zero-order valence-corrected chi connectivity index (χ0v) is 7.18. The van der Waals surface area contributed by atoms with Crippen LogP contribution in [0.4, 0.5) is 0 Å². The number of nitrogens with one attached hydrogen (secondary N) is 1. The Bertz CT molecular complexity index is 195. The second kappa shape index (κ2) is 2.73. The molecule has 2 fully saturated rings. The number of carbonyl (C=O) groups excluding carboxylic acids is 1. The smallest absolute Gasteiger partial charge is 0.223 e. The quantitative estimate of drug-likeness (QED) is 0.643. The molecule has 0 heterocycles. The lowest BCUT2D eigenvalue weighted by atomic mass is 9.85. The summed E-state index contributed by atoms with van der Waals surface area (Å²) in [6, 6.07) is 0. The highest BCUT2D eigenvalue weighted by molar-refractivity contribution is 5.79. The Kier molecular flexibility index (Phi) is 1.83. The second-order valence-corrected chi connectivity index (χ2v) is 4.07. The molecule has 2 N–H and O–H groups in total. The molecule has 0 unspecified atom stereocenters. The predicted molar refractivity (Wildman–Crippen MR) is 44.5 cm³/mol. The first-order valence-electron chi connectivity index (χ1n) is 4.70. The highest BCUT2D eigenvalue weighted by atomic mass is 16.3. The van der Waals surface area contributed by atoms with Crippen LogP contribution in [-0.4, -0.2) is 23.2 Å². The van der Waals surface area contributed by atoms with Crippen LogP contribution in [0.1, 0.15) is 32.1 Å². The first-order chi connectivity index (χ1) is 5.70. The van der Waals surface area contributed by atoms with Crippen LogP contribution in [0.5, 0.6) is 0 Å². The highest BCUT2D eigenvalue weighted by Gasteiger charge is 2.41. The van der Waals surface area contributed by atoms with Gasteiger partial charge in [-0.25, -0.2) is 0 Å². The number of rotatable bonds is 3. The van der Waals surface area contributed by atoms with E-state index in [1.165, 1.54) is 6.42 Å². The summed E-state index contributed by atoms with van der Waals surface area (Å²) in [5, 5.41) is 12.2. The number of hydrogen-bond acceptors (Lipinski definition) is 2. The van der Waals surface area contributed by atoms with Gasteiger partial charge in [-0.2, -0.15) is 0 Å². The van der Waals surface area contributed by atoms with Gasteiger partial charge in [-0.05, 0) is 25.7 Å². The van der Waals surface area contributed by atoms with Crippen molar-refractivity contribution in [3.63, 3.8) is 0 Å². The van der Waals surface area contributed by atoms with Crippen LogP contribution in [0.3, 0.4) is 0 Å². The third-order valence-electron chi connectivity index (χ3n) is 2.89. The second-order valence-electron chi connectivity index (χ2n) is 4.07. The largest absolute Gasteiger partial charge is 0.388 e. The van der Waals surface area contributed by atoms with E-state index in [4.69, 9.17) is 0 Å². The molecule has 0 aliphatic heterocycles. The van der Waals surface area contributed by atoms with Gasteiger partial charge in [-0.3, -0.25) is 4.79 Å². The molecule has 68 valence electrons. The van der Waals surface area contributed by atoms with Crippen molar-refractivity contribution >= 4 is 5.91 Å². The van der Waals surface area contributed by atoms with Crippen molar-refractivity contribution < 1.29 is 9.90 Å². The molecule has 12 heavy (non-hydrogen) atoms. The Morgan fingerprint density at radius 1 is 1.50 bits per heavy atom. The molecule has 3 nitrogen and oxygen atoms in total. The zero-order chi connectivity index (χ0) is 8.60. The SMILES string of the molecule is O=C(NCC1(O)CC1)C1CCC1. The molecule has 2 saturated carbocycles. The van der Waals surface area contributed by atoms with E-state index >= 15 is 0 Å². The highest BCUT2D eigenvalue weighted by Crippen LogP contribution is 2.34. The van der Waals surface area contributed by atoms with Crippen LogP contribution >= 0.6 is 0 Å². The van der Waals surface area contributed by atoms with Gasteiger partial charge in [-0.1, -0.05) is 6.42 Å². The van der Waals surface area contributed by atoms with Crippen molar-refractivity contribution in [2.75, 3.05) is 6.54 Å². The fourth-order valence-electron chi connectivity index (χ4n) is 1.39. The minimum atomic E-state index is -0.542. The maximum Gasteiger partial charge on any atom is 0.223 e. The minimum absolute atomic E-state index is 0.140. The summed E-state index contributed by atoms with van der Waals surface area (Å²) in [5.41, 5.74) is -0.542. The summed E-state index contributed by atoms with van der Waals surface area (Å²) in [4.78, 5) is 11.3. The van der Waals surface area contributed by atoms with Crippen molar-refractivity contribution in [2.24, 2.45) is 5.92 Å². The zero-order valence-electron chi connectivity index (χ0n) is 7.18. The monoisotopic (exact) mass is 169 g/mol. The molecule has 1 amide bonds. The van der Waals surface area contributed by atoms with E-state index in [1.807, 2.05) is 0 Å². The van der Waals surface area contributed by atoms with Gasteiger partial charge in [0.05, 0.1) is 5.60 Å². The van der Waals surface area contributed by atoms with Crippen molar-refractivity contribution in [2.45, 2.75) is 37.7 Å². The van der Waals surface area contributed by atoms with Gasteiger partial charge in [0, 0.05) is 12.5 Å². The van der Waals surface area contributed by atoms with Crippen LogP contribution in [0, 0.1) is 5.92 Å². The first-order valence-corrected chi connectivity index (χ1v) is 4.70. The maximum absolute atomic E-state index is 11.3. The molecule has 0 spiro atoms. The van der Waals surface area contributed by atoms with E-state index in [0.29, 0.717) is 6.54 Å². The topological polar surface area (TPSA) is 49.3 Å². The van der Waals surface area contributed by atoms with Crippen molar-refractivity contribution in [3.05, 3.63) is 0 Å². The Labute approximate surface area is 72.2 Å². The Morgan fingerprint density at radius 3 is 2.58 bits per heavy atom. The third kappa shape index (κ3) is 1.61. The van der Waals surface area contributed by atoms with Crippen LogP contribution in [-0.2, 0) is 4.79 Å². The molecule has 0 aromatic carbocycles.